The lowest BCUT2D eigenvalue weighted by molar-refractivity contribution is -0.154. The van der Waals surface area contributed by atoms with Gasteiger partial charge in [-0.05, 0) is 91.8 Å². The van der Waals surface area contributed by atoms with E-state index in [-0.39, 0.29) is 23.1 Å². The summed E-state index contributed by atoms with van der Waals surface area (Å²) < 4.78 is 19.7. The van der Waals surface area contributed by atoms with E-state index in [2.05, 4.69) is 20.8 Å². The molecule has 164 valence electrons. The fourth-order valence-corrected chi connectivity index (χ4v) is 8.72. The lowest BCUT2D eigenvalue weighted by Crippen LogP contribution is -2.56. The van der Waals surface area contributed by atoms with E-state index in [0.717, 1.165) is 31.6 Å². The molecule has 0 N–H and O–H groups in total. The number of ketones is 1. The third-order valence-electron chi connectivity index (χ3n) is 10.3. The van der Waals surface area contributed by atoms with Gasteiger partial charge in [-0.2, -0.15) is 0 Å². The summed E-state index contributed by atoms with van der Waals surface area (Å²) in [6, 6.07) is 0. The Balaban J connectivity index is 1.51. The molecule has 0 saturated heterocycles. The normalized spacial score (nSPS) is 47.7. The van der Waals surface area contributed by atoms with Crippen LogP contribution in [0.25, 0.3) is 0 Å². The van der Waals surface area contributed by atoms with Gasteiger partial charge in [-0.1, -0.05) is 20.8 Å². The first-order chi connectivity index (χ1) is 13.7. The maximum atomic E-state index is 14.8. The highest BCUT2D eigenvalue weighted by atomic mass is 19.1. The average molecular weight is 407 g/mol. The van der Waals surface area contributed by atoms with Crippen LogP contribution in [-0.4, -0.2) is 25.0 Å². The zero-order chi connectivity index (χ0) is 21.0. The van der Waals surface area contributed by atoms with Crippen molar-refractivity contribution < 1.29 is 18.7 Å². The second kappa shape index (κ2) is 7.64. The Morgan fingerprint density at radius 1 is 1.07 bits per heavy atom. The number of methoxy groups -OCH3 is 1. The van der Waals surface area contributed by atoms with E-state index < -0.39 is 6.17 Å². The fraction of sp³-hybridized carbons (Fsp3) is 0.920. The van der Waals surface area contributed by atoms with Crippen LogP contribution in [0.15, 0.2) is 0 Å². The molecule has 0 aromatic rings. The number of alkyl halides is 1. The van der Waals surface area contributed by atoms with Crippen LogP contribution in [-0.2, 0) is 14.3 Å². The Morgan fingerprint density at radius 2 is 1.76 bits per heavy atom. The Hall–Kier alpha value is -0.930. The van der Waals surface area contributed by atoms with Crippen molar-refractivity contribution in [3.8, 4) is 0 Å². The first-order valence-corrected chi connectivity index (χ1v) is 12.0. The van der Waals surface area contributed by atoms with Gasteiger partial charge in [-0.25, -0.2) is 4.39 Å². The molecule has 0 aromatic heterocycles. The van der Waals surface area contributed by atoms with E-state index in [0.29, 0.717) is 41.9 Å². The summed E-state index contributed by atoms with van der Waals surface area (Å²) in [5.74, 6) is 2.90. The van der Waals surface area contributed by atoms with Gasteiger partial charge in [-0.3, -0.25) is 9.59 Å². The minimum absolute atomic E-state index is 0.00611. The summed E-state index contributed by atoms with van der Waals surface area (Å²) >= 11 is 0. The Bertz CT molecular complexity index is 662. The van der Waals surface area contributed by atoms with E-state index in [4.69, 9.17) is 4.74 Å². The van der Waals surface area contributed by atoms with E-state index in [9.17, 15) is 14.0 Å². The number of carbonyl (C=O) groups excluding carboxylic acids is 2. The van der Waals surface area contributed by atoms with Crippen molar-refractivity contribution in [1.29, 1.82) is 0 Å². The molecule has 4 aliphatic carbocycles. The van der Waals surface area contributed by atoms with Gasteiger partial charge < -0.3 is 4.74 Å². The fourth-order valence-electron chi connectivity index (χ4n) is 8.72. The second-order valence-electron chi connectivity index (χ2n) is 11.3. The number of Topliss-reactive ketones (excluding diaryl/α,β-unsaturated/α-hetero) is 1. The van der Waals surface area contributed by atoms with Gasteiger partial charge in [-0.15, -0.1) is 0 Å². The molecule has 0 amide bonds. The monoisotopic (exact) mass is 406 g/mol. The van der Waals surface area contributed by atoms with Crippen molar-refractivity contribution in [1.82, 2.24) is 0 Å². The molecule has 0 bridgehead atoms. The molecule has 0 aromatic carbocycles. The molecule has 0 aliphatic heterocycles. The maximum Gasteiger partial charge on any atom is 0.305 e. The lowest BCUT2D eigenvalue weighted by Gasteiger charge is -2.61. The number of carbonyl (C=O) groups is 2. The van der Waals surface area contributed by atoms with E-state index >= 15 is 0 Å². The molecule has 0 heterocycles. The van der Waals surface area contributed by atoms with E-state index in [1.807, 2.05) is 0 Å². The first kappa shape index (κ1) is 21.3. The SMILES string of the molecule is COC(=O)CC[C@@H](C)C1CC[C@H]2[C@@H]3CC[C@@H]4[C@@H](F)C(=O)CC[C@]4(C)[C@H]3CC[C@]12C. The van der Waals surface area contributed by atoms with Crippen LogP contribution in [0.1, 0.15) is 85.0 Å². The van der Waals surface area contributed by atoms with E-state index in [1.165, 1.54) is 32.8 Å². The topological polar surface area (TPSA) is 43.4 Å². The summed E-state index contributed by atoms with van der Waals surface area (Å²) in [5.41, 5.74) is 0.353. The molecule has 4 aliphatic rings. The molecular formula is C25H39FO3. The third kappa shape index (κ3) is 3.28. The van der Waals surface area contributed by atoms with Gasteiger partial charge in [0.05, 0.1) is 7.11 Å². The van der Waals surface area contributed by atoms with Gasteiger partial charge >= 0.3 is 5.97 Å². The van der Waals surface area contributed by atoms with Crippen molar-refractivity contribution in [2.45, 2.75) is 91.2 Å². The third-order valence-corrected chi connectivity index (χ3v) is 10.3. The van der Waals surface area contributed by atoms with Crippen LogP contribution >= 0.6 is 0 Å². The highest BCUT2D eigenvalue weighted by Gasteiger charge is 2.62. The van der Waals surface area contributed by atoms with Crippen molar-refractivity contribution in [3.63, 3.8) is 0 Å². The highest BCUT2D eigenvalue weighted by Crippen LogP contribution is 2.68. The average Bonchev–Trinajstić information content (AvgIpc) is 3.06. The number of rotatable bonds is 4. The van der Waals surface area contributed by atoms with Crippen molar-refractivity contribution >= 4 is 11.8 Å². The number of hydrogen-bond acceptors (Lipinski definition) is 3. The van der Waals surface area contributed by atoms with Gasteiger partial charge in [0.1, 0.15) is 0 Å². The predicted octanol–water partition coefficient (Wildman–Crippen LogP) is 5.75. The Morgan fingerprint density at radius 3 is 2.48 bits per heavy atom. The number of fused-ring (bicyclic) bond motifs is 5. The molecule has 4 fully saturated rings. The van der Waals surface area contributed by atoms with E-state index in [1.54, 1.807) is 0 Å². The minimum atomic E-state index is -1.22. The van der Waals surface area contributed by atoms with Crippen LogP contribution in [0.2, 0.25) is 0 Å². The summed E-state index contributed by atoms with van der Waals surface area (Å²) in [5, 5.41) is 0. The highest BCUT2D eigenvalue weighted by molar-refractivity contribution is 5.84. The van der Waals surface area contributed by atoms with Crippen molar-refractivity contribution in [2.24, 2.45) is 46.3 Å². The lowest BCUT2D eigenvalue weighted by atomic mass is 9.44. The number of hydrogen-bond donors (Lipinski definition) is 0. The van der Waals surface area contributed by atoms with Crippen LogP contribution in [0, 0.1) is 46.3 Å². The largest absolute Gasteiger partial charge is 0.469 e. The molecule has 0 radical (unpaired) electrons. The number of ether oxygens (including phenoxy) is 1. The molecular weight excluding hydrogens is 367 g/mol. The van der Waals surface area contributed by atoms with Crippen molar-refractivity contribution in [2.75, 3.05) is 7.11 Å². The standard InChI is InChI=1S/C25H39FO3/c1-15(5-10-22(28)29-4)17-8-9-18-16-6-7-20-23(26)21(27)12-14-25(20,3)19(16)11-13-24(17,18)2/h15-20,23H,5-14H2,1-4H3/t15-,16+,17?,18+,19+,20-,23-,24-,25-/m1/s1. The molecule has 3 nitrogen and oxygen atoms in total. The molecule has 1 unspecified atom stereocenters. The zero-order valence-corrected chi connectivity index (χ0v) is 18.7. The molecule has 9 atom stereocenters. The minimum Gasteiger partial charge on any atom is -0.469 e. The zero-order valence-electron chi connectivity index (χ0n) is 18.7. The molecule has 4 rings (SSSR count). The second-order valence-corrected chi connectivity index (χ2v) is 11.3. The molecule has 0 spiro atoms. The molecule has 4 saturated carbocycles. The molecule has 29 heavy (non-hydrogen) atoms. The predicted molar refractivity (Wildman–Crippen MR) is 111 cm³/mol. The van der Waals surface area contributed by atoms with Gasteiger partial charge in [0.2, 0.25) is 0 Å². The first-order valence-electron chi connectivity index (χ1n) is 12.0. The van der Waals surface area contributed by atoms with Crippen LogP contribution in [0.3, 0.4) is 0 Å². The quantitative estimate of drug-likeness (QED) is 0.558. The molecule has 4 heteroatoms. The summed E-state index contributed by atoms with van der Waals surface area (Å²) in [6.45, 7) is 7.14. The Kier molecular flexibility index (Phi) is 5.61. The number of esters is 1. The Labute approximate surface area is 175 Å². The maximum absolute atomic E-state index is 14.8. The van der Waals surface area contributed by atoms with Gasteiger partial charge in [0.15, 0.2) is 12.0 Å². The smallest absolute Gasteiger partial charge is 0.305 e. The van der Waals surface area contributed by atoms with Crippen molar-refractivity contribution in [3.05, 3.63) is 0 Å². The van der Waals surface area contributed by atoms with Crippen LogP contribution in [0.4, 0.5) is 4.39 Å². The summed E-state index contributed by atoms with van der Waals surface area (Å²) in [6.07, 6.45) is 8.48. The summed E-state index contributed by atoms with van der Waals surface area (Å²) in [7, 11) is 1.47. The van der Waals surface area contributed by atoms with Gasteiger partial charge in [0.25, 0.3) is 0 Å². The van der Waals surface area contributed by atoms with Gasteiger partial charge in [0, 0.05) is 18.8 Å². The summed E-state index contributed by atoms with van der Waals surface area (Å²) in [4.78, 5) is 23.6. The van der Waals surface area contributed by atoms with Crippen LogP contribution < -0.4 is 0 Å². The number of halogens is 1. The van der Waals surface area contributed by atoms with Crippen LogP contribution in [0.5, 0.6) is 0 Å².